The van der Waals surface area contributed by atoms with Crippen LogP contribution in [0.2, 0.25) is 6.32 Å². The number of ketones is 2. The number of carbonyl (C=O) groups is 2. The van der Waals surface area contributed by atoms with Crippen molar-refractivity contribution in [2.24, 2.45) is 17.8 Å². The lowest BCUT2D eigenvalue weighted by Gasteiger charge is -2.47. The number of aromatic hydroxyl groups is 1. The summed E-state index contributed by atoms with van der Waals surface area (Å²) in [6.45, 7) is 0.243. The molecule has 4 atom stereocenters. The molecule has 1 aromatic heterocycles. The molecule has 47 heavy (non-hydrogen) atoms. The molecule has 0 bridgehead atoms. The summed E-state index contributed by atoms with van der Waals surface area (Å²) in [5.74, 6) is -0.728. The van der Waals surface area contributed by atoms with Gasteiger partial charge in [-0.25, -0.2) is 0 Å². The van der Waals surface area contributed by atoms with Crippen LogP contribution in [0.4, 0.5) is 0 Å². The molecule has 0 spiro atoms. The molecule has 7 nitrogen and oxygen atoms in total. The summed E-state index contributed by atoms with van der Waals surface area (Å²) in [5, 5.41) is 21.7. The lowest BCUT2D eigenvalue weighted by atomic mass is 9.54. The van der Waals surface area contributed by atoms with E-state index in [0.29, 0.717) is 41.7 Å². The summed E-state index contributed by atoms with van der Waals surface area (Å²) in [6, 6.07) is 27.5. The van der Waals surface area contributed by atoms with Crippen molar-refractivity contribution in [1.82, 2.24) is 4.98 Å². The van der Waals surface area contributed by atoms with Gasteiger partial charge in [-0.15, -0.1) is 0 Å². The molecule has 2 N–H and O–H groups in total. The summed E-state index contributed by atoms with van der Waals surface area (Å²) in [6.07, 6.45) is 4.71. The van der Waals surface area contributed by atoms with E-state index >= 15 is 0 Å². The summed E-state index contributed by atoms with van der Waals surface area (Å²) >= 11 is 3.50. The van der Waals surface area contributed by atoms with Gasteiger partial charge in [0.05, 0.1) is 11.8 Å². The number of aromatic nitrogens is 1. The third kappa shape index (κ3) is 6.35. The number of Topliss-reactive ketones (excluding diaryl/α,β-unsaturated/α-hetero) is 2. The third-order valence-corrected chi connectivity index (χ3v) is 10.0. The fourth-order valence-electron chi connectivity index (χ4n) is 7.43. The number of phenols is 1. The number of rotatable bonds is 8. The Morgan fingerprint density at radius 1 is 0.957 bits per heavy atom. The minimum absolute atomic E-state index is 0.0341. The number of phenolic OH excluding ortho intramolecular Hbond substituents is 1. The molecular formula is C38H33BBrNO6. The third-order valence-electron chi connectivity index (χ3n) is 9.51. The quantitative estimate of drug-likeness (QED) is 0.146. The molecule has 0 radical (unpaired) electrons. The Kier molecular flexibility index (Phi) is 8.95. The van der Waals surface area contributed by atoms with Crippen LogP contribution in [0.5, 0.6) is 11.5 Å². The van der Waals surface area contributed by atoms with E-state index in [-0.39, 0.29) is 36.2 Å². The number of benzene rings is 3. The Morgan fingerprint density at radius 3 is 2.47 bits per heavy atom. The fourth-order valence-corrected chi connectivity index (χ4v) is 7.81. The zero-order valence-corrected chi connectivity index (χ0v) is 27.2. The van der Waals surface area contributed by atoms with Gasteiger partial charge in [-0.3, -0.25) is 14.6 Å². The maximum Gasteiger partial charge on any atom is 0.455 e. The van der Waals surface area contributed by atoms with Gasteiger partial charge in [-0.05, 0) is 96.8 Å². The molecule has 3 aromatic carbocycles. The van der Waals surface area contributed by atoms with Gasteiger partial charge in [0.25, 0.3) is 0 Å². The number of ether oxygens (including phenoxy) is 1. The molecule has 2 heterocycles. The molecule has 0 saturated carbocycles. The first kappa shape index (κ1) is 31.3. The van der Waals surface area contributed by atoms with Gasteiger partial charge in [0.15, 0.2) is 11.6 Å². The highest BCUT2D eigenvalue weighted by Gasteiger charge is 2.53. The van der Waals surface area contributed by atoms with Crippen molar-refractivity contribution in [3.8, 4) is 11.5 Å². The van der Waals surface area contributed by atoms with E-state index in [2.05, 4.69) is 20.9 Å². The molecule has 1 aliphatic heterocycles. The predicted octanol–water partition coefficient (Wildman–Crippen LogP) is 7.46. The zero-order chi connectivity index (χ0) is 32.5. The van der Waals surface area contributed by atoms with Crippen molar-refractivity contribution in [3.05, 3.63) is 135 Å². The number of para-hydroxylation sites is 1. The summed E-state index contributed by atoms with van der Waals surface area (Å²) < 4.78 is 13.4. The smallest absolute Gasteiger partial charge is 0.455 e. The second-order valence-corrected chi connectivity index (χ2v) is 13.2. The van der Waals surface area contributed by atoms with Crippen LogP contribution in [0, 0.1) is 17.8 Å². The number of halogens is 1. The molecule has 0 unspecified atom stereocenters. The van der Waals surface area contributed by atoms with Crippen molar-refractivity contribution in [3.63, 3.8) is 0 Å². The van der Waals surface area contributed by atoms with Crippen LogP contribution >= 0.6 is 15.9 Å². The normalized spacial score (nSPS) is 22.4. The lowest BCUT2D eigenvalue weighted by molar-refractivity contribution is 0.0593. The number of pyridine rings is 1. The van der Waals surface area contributed by atoms with Crippen LogP contribution in [0.1, 0.15) is 51.2 Å². The number of allylic oxidation sites excluding steroid dienone is 1. The number of fused-ring (bicyclic) bond motifs is 4. The average molecular weight is 690 g/mol. The molecule has 0 amide bonds. The van der Waals surface area contributed by atoms with E-state index < -0.39 is 25.1 Å². The van der Waals surface area contributed by atoms with Gasteiger partial charge in [-0.1, -0.05) is 64.5 Å². The van der Waals surface area contributed by atoms with Crippen molar-refractivity contribution in [2.75, 3.05) is 6.61 Å². The second-order valence-electron chi connectivity index (χ2n) is 12.3. The SMILES string of the molecule is O=C1c2ccccc2C(=O)[C@@H]2CC(COc3ccccc3)=C3[C@@H](CC/C(=C/c4cc(Br)ccc4O)c4ccccn4)OB(O)C[C@@H]3[C@H]12. The monoisotopic (exact) mass is 689 g/mol. The number of nitrogens with zero attached hydrogens (tertiary/aromatic N) is 1. The largest absolute Gasteiger partial charge is 0.507 e. The zero-order valence-electron chi connectivity index (χ0n) is 25.6. The minimum atomic E-state index is -1.10. The Morgan fingerprint density at radius 2 is 1.70 bits per heavy atom. The number of hydrogen-bond donors (Lipinski definition) is 2. The van der Waals surface area contributed by atoms with E-state index in [1.165, 1.54) is 0 Å². The molecule has 1 saturated heterocycles. The van der Waals surface area contributed by atoms with Crippen LogP contribution < -0.4 is 4.74 Å². The van der Waals surface area contributed by atoms with Crippen LogP contribution in [0.25, 0.3) is 11.6 Å². The van der Waals surface area contributed by atoms with E-state index in [4.69, 9.17) is 9.39 Å². The first-order chi connectivity index (χ1) is 22.9. The average Bonchev–Trinajstić information content (AvgIpc) is 3.09. The molecule has 3 aliphatic rings. The van der Waals surface area contributed by atoms with E-state index in [1.807, 2.05) is 60.7 Å². The molecule has 236 valence electrons. The Hall–Kier alpha value is -4.31. The first-order valence-electron chi connectivity index (χ1n) is 15.9. The van der Waals surface area contributed by atoms with Crippen LogP contribution in [-0.2, 0) is 4.65 Å². The van der Waals surface area contributed by atoms with Crippen molar-refractivity contribution in [1.29, 1.82) is 0 Å². The predicted molar refractivity (Wildman–Crippen MR) is 184 cm³/mol. The highest BCUT2D eigenvalue weighted by Crippen LogP contribution is 2.51. The van der Waals surface area contributed by atoms with Crippen molar-refractivity contribution in [2.45, 2.75) is 31.7 Å². The molecule has 9 heteroatoms. The number of carbonyl (C=O) groups excluding carboxylic acids is 2. The standard InChI is InChI=1S/C38H33BBrNO6/c40-26-14-15-33(42)24(19-26)18-23(32-12-6-7-17-41-32)13-16-34-35-25(22-46-27-8-2-1-3-9-27)20-30-36(31(35)21-39(45)47-34)38(44)29-11-5-4-10-28(29)37(30)43/h1-12,14-15,17-19,30-31,34,36,42,45H,13,16,20-22H2/b23-18-/t30-,31+,34-,36-/m1/s1. The van der Waals surface area contributed by atoms with Gasteiger partial charge in [0.1, 0.15) is 18.1 Å². The summed E-state index contributed by atoms with van der Waals surface area (Å²) in [7, 11) is -1.10. The van der Waals surface area contributed by atoms with Gasteiger partial charge in [0, 0.05) is 39.2 Å². The molecule has 1 fully saturated rings. The lowest BCUT2D eigenvalue weighted by Crippen LogP contribution is -2.51. The minimum Gasteiger partial charge on any atom is -0.507 e. The van der Waals surface area contributed by atoms with Gasteiger partial charge in [0.2, 0.25) is 0 Å². The van der Waals surface area contributed by atoms with Crippen molar-refractivity contribution >= 4 is 46.3 Å². The van der Waals surface area contributed by atoms with Crippen LogP contribution in [-0.4, -0.2) is 46.5 Å². The second kappa shape index (κ2) is 13.4. The van der Waals surface area contributed by atoms with Crippen LogP contribution in [0.15, 0.2) is 113 Å². The fraction of sp³-hybridized carbons (Fsp3) is 0.237. The summed E-state index contributed by atoms with van der Waals surface area (Å²) in [5.41, 5.74) is 5.08. The van der Waals surface area contributed by atoms with Gasteiger partial charge in [-0.2, -0.15) is 0 Å². The van der Waals surface area contributed by atoms with E-state index in [9.17, 15) is 19.7 Å². The highest BCUT2D eigenvalue weighted by atomic mass is 79.9. The molecular weight excluding hydrogens is 657 g/mol. The van der Waals surface area contributed by atoms with Gasteiger partial charge < -0.3 is 19.5 Å². The van der Waals surface area contributed by atoms with Gasteiger partial charge >= 0.3 is 7.12 Å². The topological polar surface area (TPSA) is 106 Å². The number of hydrogen-bond acceptors (Lipinski definition) is 7. The molecule has 7 rings (SSSR count). The Labute approximate surface area is 282 Å². The van der Waals surface area contributed by atoms with E-state index in [0.717, 1.165) is 26.9 Å². The summed E-state index contributed by atoms with van der Waals surface area (Å²) in [4.78, 5) is 32.6. The molecule has 4 aromatic rings. The Bertz CT molecular complexity index is 1880. The van der Waals surface area contributed by atoms with Crippen molar-refractivity contribution < 1.29 is 29.1 Å². The first-order valence-corrected chi connectivity index (χ1v) is 16.7. The van der Waals surface area contributed by atoms with Crippen LogP contribution in [0.3, 0.4) is 0 Å². The maximum absolute atomic E-state index is 14.1. The van der Waals surface area contributed by atoms with E-state index in [1.54, 1.807) is 42.6 Å². The Balaban J connectivity index is 1.27. The molecule has 2 aliphatic carbocycles. The highest BCUT2D eigenvalue weighted by molar-refractivity contribution is 9.10. The maximum atomic E-state index is 14.1.